The minimum Gasteiger partial charge on any atom is -0.454 e. The van der Waals surface area contributed by atoms with E-state index < -0.39 is 10.0 Å². The fourth-order valence-electron chi connectivity index (χ4n) is 2.99. The van der Waals surface area contributed by atoms with Gasteiger partial charge in [-0.25, -0.2) is 12.7 Å². The van der Waals surface area contributed by atoms with Crippen LogP contribution in [0.25, 0.3) is 11.5 Å². The summed E-state index contributed by atoms with van der Waals surface area (Å²) >= 11 is 0. The lowest BCUT2D eigenvalue weighted by atomic mass is 10.00. The number of piperidine rings is 1. The molecule has 0 spiro atoms. The van der Waals surface area contributed by atoms with E-state index >= 15 is 0 Å². The molecule has 0 N–H and O–H groups in total. The lowest BCUT2D eigenvalue weighted by Crippen LogP contribution is -2.38. The Morgan fingerprint density at radius 3 is 2.88 bits per heavy atom. The van der Waals surface area contributed by atoms with Crippen molar-refractivity contribution in [2.45, 2.75) is 18.8 Å². The smallest absolute Gasteiger partial charge is 0.247 e. The van der Waals surface area contributed by atoms with Crippen molar-refractivity contribution in [1.82, 2.24) is 14.5 Å². The van der Waals surface area contributed by atoms with Gasteiger partial charge in [-0.2, -0.15) is 0 Å². The van der Waals surface area contributed by atoms with Gasteiger partial charge in [-0.3, -0.25) is 0 Å². The van der Waals surface area contributed by atoms with E-state index in [-0.39, 0.29) is 12.7 Å². The van der Waals surface area contributed by atoms with Crippen LogP contribution in [0.15, 0.2) is 22.6 Å². The summed E-state index contributed by atoms with van der Waals surface area (Å²) in [6.45, 7) is 1.12. The molecule has 4 rings (SSSR count). The summed E-state index contributed by atoms with van der Waals surface area (Å²) in [5.41, 5.74) is 0.744. The zero-order valence-corrected chi connectivity index (χ0v) is 14.0. The van der Waals surface area contributed by atoms with Gasteiger partial charge in [-0.05, 0) is 31.0 Å². The third-order valence-electron chi connectivity index (χ3n) is 4.26. The fourth-order valence-corrected chi connectivity index (χ4v) is 3.90. The van der Waals surface area contributed by atoms with Crippen molar-refractivity contribution in [3.63, 3.8) is 0 Å². The Balaban J connectivity index is 1.56. The van der Waals surface area contributed by atoms with Gasteiger partial charge in [-0.1, -0.05) is 0 Å². The van der Waals surface area contributed by atoms with Gasteiger partial charge in [0.1, 0.15) is 0 Å². The largest absolute Gasteiger partial charge is 0.454 e. The number of sulfonamides is 1. The van der Waals surface area contributed by atoms with Gasteiger partial charge in [0.05, 0.1) is 12.2 Å². The predicted octanol–water partition coefficient (Wildman–Crippen LogP) is 1.60. The van der Waals surface area contributed by atoms with E-state index in [1.807, 2.05) is 6.07 Å². The number of ether oxygens (including phenoxy) is 2. The van der Waals surface area contributed by atoms with Crippen LogP contribution in [-0.2, 0) is 10.0 Å². The molecule has 0 bridgehead atoms. The Kier molecular flexibility index (Phi) is 3.69. The Morgan fingerprint density at radius 2 is 2.04 bits per heavy atom. The van der Waals surface area contributed by atoms with E-state index in [0.29, 0.717) is 36.4 Å². The average molecular weight is 351 g/mol. The molecule has 1 fully saturated rings. The van der Waals surface area contributed by atoms with Crippen LogP contribution in [0.3, 0.4) is 0 Å². The van der Waals surface area contributed by atoms with E-state index in [1.54, 1.807) is 12.1 Å². The predicted molar refractivity (Wildman–Crippen MR) is 84.2 cm³/mol. The number of hydrogen-bond acceptors (Lipinski definition) is 7. The van der Waals surface area contributed by atoms with Crippen LogP contribution >= 0.6 is 0 Å². The van der Waals surface area contributed by atoms with E-state index in [1.165, 1.54) is 10.6 Å². The van der Waals surface area contributed by atoms with Crippen molar-refractivity contribution < 1.29 is 22.3 Å². The highest BCUT2D eigenvalue weighted by atomic mass is 32.2. The molecule has 0 unspecified atom stereocenters. The number of hydrogen-bond donors (Lipinski definition) is 0. The van der Waals surface area contributed by atoms with Crippen LogP contribution in [-0.4, -0.2) is 49.1 Å². The Hall–Kier alpha value is -2.13. The van der Waals surface area contributed by atoms with Crippen LogP contribution < -0.4 is 9.47 Å². The molecule has 24 heavy (non-hydrogen) atoms. The molecule has 2 aliphatic heterocycles. The lowest BCUT2D eigenvalue weighted by Gasteiger charge is -2.28. The van der Waals surface area contributed by atoms with Crippen LogP contribution in [0.1, 0.15) is 24.7 Å². The second-order valence-electron chi connectivity index (χ2n) is 5.97. The minimum absolute atomic E-state index is 0.0799. The first-order chi connectivity index (χ1) is 11.5. The minimum atomic E-state index is -3.21. The standard InChI is InChI=1S/C15H17N3O5S/c1-24(19,20)18-6-2-3-11(8-18)15-17-16-14(23-15)10-4-5-12-13(7-10)22-9-21-12/h4-5,7,11H,2-3,6,8-9H2,1H3/t11-/m1/s1. The van der Waals surface area contributed by atoms with Gasteiger partial charge in [0, 0.05) is 18.7 Å². The molecule has 0 saturated carbocycles. The normalized spacial score (nSPS) is 21.1. The maximum atomic E-state index is 11.7. The molecule has 3 heterocycles. The first-order valence-electron chi connectivity index (χ1n) is 7.69. The molecule has 0 aliphatic carbocycles. The zero-order chi connectivity index (χ0) is 16.7. The number of benzene rings is 1. The number of rotatable bonds is 3. The highest BCUT2D eigenvalue weighted by Gasteiger charge is 2.30. The summed E-state index contributed by atoms with van der Waals surface area (Å²) in [5, 5.41) is 8.21. The summed E-state index contributed by atoms with van der Waals surface area (Å²) in [7, 11) is -3.21. The van der Waals surface area contributed by atoms with Gasteiger partial charge >= 0.3 is 0 Å². The fraction of sp³-hybridized carbons (Fsp3) is 0.467. The second kappa shape index (κ2) is 5.75. The van der Waals surface area contributed by atoms with Crippen molar-refractivity contribution in [2.75, 3.05) is 26.1 Å². The molecule has 2 aliphatic rings. The summed E-state index contributed by atoms with van der Waals surface area (Å²) in [4.78, 5) is 0. The van der Waals surface area contributed by atoms with Gasteiger partial charge in [0.25, 0.3) is 0 Å². The summed E-state index contributed by atoms with van der Waals surface area (Å²) < 4.78 is 41.3. The molecule has 1 atom stereocenters. The van der Waals surface area contributed by atoms with Crippen molar-refractivity contribution in [3.8, 4) is 23.0 Å². The van der Waals surface area contributed by atoms with Crippen molar-refractivity contribution in [1.29, 1.82) is 0 Å². The van der Waals surface area contributed by atoms with E-state index in [9.17, 15) is 8.42 Å². The quantitative estimate of drug-likeness (QED) is 0.829. The Morgan fingerprint density at radius 1 is 1.21 bits per heavy atom. The Labute approximate surface area is 139 Å². The van der Waals surface area contributed by atoms with E-state index in [0.717, 1.165) is 18.4 Å². The summed E-state index contributed by atoms with van der Waals surface area (Å²) in [6, 6.07) is 5.42. The third-order valence-corrected chi connectivity index (χ3v) is 5.53. The molecular formula is C15H17N3O5S. The highest BCUT2D eigenvalue weighted by Crippen LogP contribution is 2.36. The van der Waals surface area contributed by atoms with E-state index in [4.69, 9.17) is 13.9 Å². The molecule has 128 valence electrons. The van der Waals surface area contributed by atoms with Crippen LogP contribution in [0.5, 0.6) is 11.5 Å². The molecule has 0 amide bonds. The molecule has 2 aromatic rings. The molecule has 1 saturated heterocycles. The molecule has 1 aromatic carbocycles. The summed E-state index contributed by atoms with van der Waals surface area (Å²) in [6.07, 6.45) is 2.83. The monoisotopic (exact) mass is 351 g/mol. The summed E-state index contributed by atoms with van der Waals surface area (Å²) in [5.74, 6) is 2.11. The van der Waals surface area contributed by atoms with Gasteiger partial charge < -0.3 is 13.9 Å². The first-order valence-corrected chi connectivity index (χ1v) is 9.54. The Bertz CT molecular complexity index is 864. The van der Waals surface area contributed by atoms with Crippen LogP contribution in [0.4, 0.5) is 0 Å². The van der Waals surface area contributed by atoms with Gasteiger partial charge in [-0.15, -0.1) is 10.2 Å². The van der Waals surface area contributed by atoms with Crippen molar-refractivity contribution in [2.24, 2.45) is 0 Å². The van der Waals surface area contributed by atoms with Crippen LogP contribution in [0.2, 0.25) is 0 Å². The van der Waals surface area contributed by atoms with Crippen LogP contribution in [0, 0.1) is 0 Å². The highest BCUT2D eigenvalue weighted by molar-refractivity contribution is 7.88. The van der Waals surface area contributed by atoms with Gasteiger partial charge in [0.15, 0.2) is 11.5 Å². The SMILES string of the molecule is CS(=O)(=O)N1CCC[C@@H](c2nnc(-c3ccc4c(c3)OCO4)o2)C1. The first kappa shape index (κ1) is 15.4. The number of aromatic nitrogens is 2. The van der Waals surface area contributed by atoms with E-state index in [2.05, 4.69) is 10.2 Å². The molecule has 0 radical (unpaired) electrons. The molecular weight excluding hydrogens is 334 g/mol. The average Bonchev–Trinajstić information content (AvgIpc) is 3.22. The zero-order valence-electron chi connectivity index (χ0n) is 13.1. The van der Waals surface area contributed by atoms with Gasteiger partial charge in [0.2, 0.25) is 28.6 Å². The van der Waals surface area contributed by atoms with Crippen molar-refractivity contribution in [3.05, 3.63) is 24.1 Å². The van der Waals surface area contributed by atoms with Crippen molar-refractivity contribution >= 4 is 10.0 Å². The molecule has 9 heteroatoms. The molecule has 8 nitrogen and oxygen atoms in total. The topological polar surface area (TPSA) is 94.8 Å². The lowest BCUT2D eigenvalue weighted by molar-refractivity contribution is 0.174. The maximum Gasteiger partial charge on any atom is 0.247 e. The number of nitrogens with zero attached hydrogens (tertiary/aromatic N) is 3. The second-order valence-corrected chi connectivity index (χ2v) is 7.96. The maximum absolute atomic E-state index is 11.7. The number of fused-ring (bicyclic) bond motifs is 1. The third kappa shape index (κ3) is 2.84. The molecule has 1 aromatic heterocycles.